The minimum Gasteiger partial charge on any atom is -0.465 e. The van der Waals surface area contributed by atoms with Gasteiger partial charge in [0.25, 0.3) is 0 Å². The monoisotopic (exact) mass is 286 g/mol. The fourth-order valence-corrected chi connectivity index (χ4v) is 1.34. The number of nitrogens with one attached hydrogen (secondary N) is 1. The van der Waals surface area contributed by atoms with E-state index in [-0.39, 0.29) is 24.2 Å². The maximum atomic E-state index is 11.7. The molecule has 19 heavy (non-hydrogen) atoms. The molecule has 0 heterocycles. The summed E-state index contributed by atoms with van der Waals surface area (Å²) in [5.41, 5.74) is 6.76. The fourth-order valence-electron chi connectivity index (χ4n) is 1.34. The van der Waals surface area contributed by atoms with E-state index >= 15 is 0 Å². The second kappa shape index (κ2) is 7.76. The third-order valence-corrected chi connectivity index (χ3v) is 2.59. The first kappa shape index (κ1) is 17.4. The van der Waals surface area contributed by atoms with Gasteiger partial charge < -0.3 is 15.8 Å². The van der Waals surface area contributed by atoms with Gasteiger partial charge in [-0.1, -0.05) is 13.8 Å². The highest BCUT2D eigenvalue weighted by atomic mass is 35.5. The highest BCUT2D eigenvalue weighted by molar-refractivity contribution is 5.95. The van der Waals surface area contributed by atoms with E-state index in [4.69, 9.17) is 5.73 Å². The summed E-state index contributed by atoms with van der Waals surface area (Å²) in [7, 11) is 1.32. The number of hydrogen-bond donors (Lipinski definition) is 2. The third-order valence-electron chi connectivity index (χ3n) is 2.59. The number of halogens is 1. The van der Waals surface area contributed by atoms with Crippen molar-refractivity contribution in [3.05, 3.63) is 29.8 Å². The van der Waals surface area contributed by atoms with Crippen molar-refractivity contribution in [3.8, 4) is 0 Å². The van der Waals surface area contributed by atoms with Crippen LogP contribution >= 0.6 is 12.4 Å². The summed E-state index contributed by atoms with van der Waals surface area (Å²) in [5, 5.41) is 2.69. The number of hydrogen-bond acceptors (Lipinski definition) is 4. The molecule has 0 bridgehead atoms. The largest absolute Gasteiger partial charge is 0.465 e. The number of nitrogens with two attached hydrogens (primary N) is 1. The van der Waals surface area contributed by atoms with Gasteiger partial charge >= 0.3 is 5.97 Å². The summed E-state index contributed by atoms with van der Waals surface area (Å²) < 4.78 is 4.58. The smallest absolute Gasteiger partial charge is 0.337 e. The van der Waals surface area contributed by atoms with Crippen LogP contribution in [0.3, 0.4) is 0 Å². The summed E-state index contributed by atoms with van der Waals surface area (Å²) in [4.78, 5) is 22.9. The summed E-state index contributed by atoms with van der Waals surface area (Å²) in [5.74, 6) is -0.582. The predicted molar refractivity (Wildman–Crippen MR) is 76.5 cm³/mol. The van der Waals surface area contributed by atoms with Gasteiger partial charge in [0.2, 0.25) is 5.91 Å². The van der Waals surface area contributed by atoms with Crippen LogP contribution in [0.25, 0.3) is 0 Å². The van der Waals surface area contributed by atoms with E-state index in [1.807, 2.05) is 13.8 Å². The second-order valence-electron chi connectivity index (χ2n) is 4.33. The molecule has 0 aromatic heterocycles. The maximum Gasteiger partial charge on any atom is 0.337 e. The van der Waals surface area contributed by atoms with E-state index in [1.165, 1.54) is 7.11 Å². The molecule has 1 atom stereocenters. The van der Waals surface area contributed by atoms with Crippen LogP contribution in [0.5, 0.6) is 0 Å². The van der Waals surface area contributed by atoms with Crippen molar-refractivity contribution >= 4 is 30.0 Å². The van der Waals surface area contributed by atoms with Crippen molar-refractivity contribution in [3.63, 3.8) is 0 Å². The van der Waals surface area contributed by atoms with Crippen LogP contribution in [0.15, 0.2) is 24.3 Å². The normalized spacial score (nSPS) is 11.4. The van der Waals surface area contributed by atoms with Crippen LogP contribution in [0.1, 0.15) is 24.2 Å². The van der Waals surface area contributed by atoms with E-state index in [2.05, 4.69) is 10.1 Å². The zero-order valence-corrected chi connectivity index (χ0v) is 12.0. The molecule has 3 N–H and O–H groups in total. The summed E-state index contributed by atoms with van der Waals surface area (Å²) in [6.45, 7) is 3.76. The third kappa shape index (κ3) is 4.89. The van der Waals surface area contributed by atoms with Gasteiger partial charge in [0.1, 0.15) is 0 Å². The standard InChI is InChI=1S/C13H18N2O3.ClH/c1-8(2)11(14)12(16)15-10-6-4-9(5-7-10)13(17)18-3;/h4-8,11H,14H2,1-3H3,(H,15,16);1H. The van der Waals surface area contributed by atoms with E-state index in [0.29, 0.717) is 11.3 Å². The Kier molecular flexibility index (Phi) is 7.11. The zero-order chi connectivity index (χ0) is 13.7. The zero-order valence-electron chi connectivity index (χ0n) is 11.2. The highest BCUT2D eigenvalue weighted by Crippen LogP contribution is 2.11. The van der Waals surface area contributed by atoms with Gasteiger partial charge in [-0.25, -0.2) is 4.79 Å². The van der Waals surface area contributed by atoms with Crippen molar-refractivity contribution in [1.29, 1.82) is 0 Å². The molecule has 1 aromatic rings. The molecule has 0 aliphatic carbocycles. The van der Waals surface area contributed by atoms with Gasteiger partial charge in [0.05, 0.1) is 18.7 Å². The van der Waals surface area contributed by atoms with Gasteiger partial charge in [-0.05, 0) is 30.2 Å². The lowest BCUT2D eigenvalue weighted by molar-refractivity contribution is -0.118. The van der Waals surface area contributed by atoms with E-state index in [0.717, 1.165) is 0 Å². The predicted octanol–water partition coefficient (Wildman–Crippen LogP) is 1.82. The number of carbonyl (C=O) groups is 2. The van der Waals surface area contributed by atoms with Crippen molar-refractivity contribution in [1.82, 2.24) is 0 Å². The molecule has 0 fully saturated rings. The molecule has 6 heteroatoms. The molecule has 1 unspecified atom stereocenters. The molecule has 0 saturated carbocycles. The summed E-state index contributed by atoms with van der Waals surface area (Å²) >= 11 is 0. The maximum absolute atomic E-state index is 11.7. The number of ether oxygens (including phenoxy) is 1. The molecule has 0 saturated heterocycles. The van der Waals surface area contributed by atoms with Crippen LogP contribution in [-0.2, 0) is 9.53 Å². The van der Waals surface area contributed by atoms with Crippen LogP contribution in [0, 0.1) is 5.92 Å². The number of carbonyl (C=O) groups excluding carboxylic acids is 2. The molecule has 1 rings (SSSR count). The fraction of sp³-hybridized carbons (Fsp3) is 0.385. The van der Waals surface area contributed by atoms with E-state index < -0.39 is 12.0 Å². The van der Waals surface area contributed by atoms with Gasteiger partial charge in [0, 0.05) is 5.69 Å². The number of anilines is 1. The Morgan fingerprint density at radius 3 is 2.16 bits per heavy atom. The average molecular weight is 287 g/mol. The van der Waals surface area contributed by atoms with Crippen LogP contribution in [-0.4, -0.2) is 25.0 Å². The number of methoxy groups -OCH3 is 1. The minimum absolute atomic E-state index is 0. The quantitative estimate of drug-likeness (QED) is 0.827. The van der Waals surface area contributed by atoms with Gasteiger partial charge in [-0.15, -0.1) is 12.4 Å². The Hall–Kier alpha value is -1.59. The lowest BCUT2D eigenvalue weighted by Gasteiger charge is -2.15. The number of esters is 1. The van der Waals surface area contributed by atoms with Crippen molar-refractivity contribution in [2.45, 2.75) is 19.9 Å². The first-order valence-corrected chi connectivity index (χ1v) is 5.70. The molecule has 0 radical (unpaired) electrons. The topological polar surface area (TPSA) is 81.4 Å². The molecule has 1 aromatic carbocycles. The molecule has 5 nitrogen and oxygen atoms in total. The van der Waals surface area contributed by atoms with Crippen molar-refractivity contribution in [2.24, 2.45) is 11.7 Å². The minimum atomic E-state index is -0.551. The molecule has 106 valence electrons. The molecular weight excluding hydrogens is 268 g/mol. The summed E-state index contributed by atoms with van der Waals surface area (Å²) in [6.07, 6.45) is 0. The SMILES string of the molecule is COC(=O)c1ccc(NC(=O)C(N)C(C)C)cc1.Cl. The number of rotatable bonds is 4. The van der Waals surface area contributed by atoms with E-state index in [1.54, 1.807) is 24.3 Å². The van der Waals surface area contributed by atoms with Crippen LogP contribution < -0.4 is 11.1 Å². The van der Waals surface area contributed by atoms with Crippen molar-refractivity contribution in [2.75, 3.05) is 12.4 Å². The summed E-state index contributed by atoms with van der Waals surface area (Å²) in [6, 6.07) is 5.89. The Morgan fingerprint density at radius 2 is 1.74 bits per heavy atom. The highest BCUT2D eigenvalue weighted by Gasteiger charge is 2.17. The molecular formula is C13H19ClN2O3. The van der Waals surface area contributed by atoms with Crippen molar-refractivity contribution < 1.29 is 14.3 Å². The molecule has 1 amide bonds. The average Bonchev–Trinajstić information content (AvgIpc) is 2.37. The van der Waals surface area contributed by atoms with Gasteiger partial charge in [-0.2, -0.15) is 0 Å². The second-order valence-corrected chi connectivity index (χ2v) is 4.33. The van der Waals surface area contributed by atoms with Crippen LogP contribution in [0.4, 0.5) is 5.69 Å². The number of benzene rings is 1. The Morgan fingerprint density at radius 1 is 1.21 bits per heavy atom. The first-order chi connectivity index (χ1) is 8.45. The lowest BCUT2D eigenvalue weighted by Crippen LogP contribution is -2.39. The Balaban J connectivity index is 0.00000324. The van der Waals surface area contributed by atoms with Gasteiger partial charge in [0.15, 0.2) is 0 Å². The Bertz CT molecular complexity index is 432. The lowest BCUT2D eigenvalue weighted by atomic mass is 10.0. The number of amides is 1. The first-order valence-electron chi connectivity index (χ1n) is 5.70. The van der Waals surface area contributed by atoms with Crippen LogP contribution in [0.2, 0.25) is 0 Å². The molecule has 0 aliphatic heterocycles. The Labute approximate surface area is 118 Å². The molecule has 0 aliphatic rings. The van der Waals surface area contributed by atoms with Gasteiger partial charge in [-0.3, -0.25) is 4.79 Å². The van der Waals surface area contributed by atoms with E-state index in [9.17, 15) is 9.59 Å². The molecule has 0 spiro atoms.